The number of carbonyl (C=O) groups excluding carboxylic acids is 1. The molecule has 1 aliphatic rings. The highest BCUT2D eigenvalue weighted by atomic mass is 35.5. The van der Waals surface area contributed by atoms with Crippen LogP contribution in [0.15, 0.2) is 36.5 Å². The molecular formula is C18H18ClN3O3. The van der Waals surface area contributed by atoms with Crippen molar-refractivity contribution >= 4 is 23.2 Å². The van der Waals surface area contributed by atoms with E-state index in [0.717, 1.165) is 31.0 Å². The molecule has 25 heavy (non-hydrogen) atoms. The summed E-state index contributed by atoms with van der Waals surface area (Å²) in [5.74, 6) is 0.0117. The quantitative estimate of drug-likeness (QED) is 0.639. The van der Waals surface area contributed by atoms with Crippen molar-refractivity contribution < 1.29 is 9.72 Å². The smallest absolute Gasteiger partial charge is 0.288 e. The highest BCUT2D eigenvalue weighted by Gasteiger charge is 2.30. The van der Waals surface area contributed by atoms with Gasteiger partial charge in [-0.2, -0.15) is 0 Å². The van der Waals surface area contributed by atoms with Crippen LogP contribution in [0.3, 0.4) is 0 Å². The van der Waals surface area contributed by atoms with E-state index < -0.39 is 4.92 Å². The van der Waals surface area contributed by atoms with E-state index in [1.54, 1.807) is 19.1 Å². The van der Waals surface area contributed by atoms with Crippen LogP contribution in [0.1, 0.15) is 46.9 Å². The van der Waals surface area contributed by atoms with E-state index >= 15 is 0 Å². The minimum Gasteiger partial charge on any atom is -0.345 e. The zero-order chi connectivity index (χ0) is 18.0. The molecule has 1 fully saturated rings. The molecule has 1 saturated carbocycles. The maximum atomic E-state index is 12.7. The number of benzene rings is 1. The molecule has 1 amide bonds. The summed E-state index contributed by atoms with van der Waals surface area (Å²) < 4.78 is 0. The predicted octanol–water partition coefficient (Wildman–Crippen LogP) is 4.22. The number of rotatable bonds is 5. The Morgan fingerprint density at radius 3 is 2.60 bits per heavy atom. The number of nitrogens with one attached hydrogen (secondary N) is 1. The zero-order valence-electron chi connectivity index (χ0n) is 13.7. The number of hydrogen-bond acceptors (Lipinski definition) is 4. The number of amides is 1. The summed E-state index contributed by atoms with van der Waals surface area (Å²) in [6, 6.07) is 8.55. The summed E-state index contributed by atoms with van der Waals surface area (Å²) in [6.07, 6.45) is 4.39. The second-order valence-electron chi connectivity index (χ2n) is 6.28. The summed E-state index contributed by atoms with van der Waals surface area (Å²) in [5, 5.41) is 14.6. The van der Waals surface area contributed by atoms with Crippen molar-refractivity contribution in [2.75, 3.05) is 0 Å². The van der Waals surface area contributed by atoms with E-state index in [1.165, 1.54) is 6.07 Å². The Morgan fingerprint density at radius 2 is 2.04 bits per heavy atom. The third-order valence-corrected chi connectivity index (χ3v) is 4.92. The Balaban J connectivity index is 1.87. The number of aryl methyl sites for hydroxylation is 1. The van der Waals surface area contributed by atoms with Gasteiger partial charge in [0.1, 0.15) is 6.20 Å². The molecule has 1 aromatic heterocycles. The van der Waals surface area contributed by atoms with E-state index in [9.17, 15) is 14.9 Å². The molecule has 0 unspecified atom stereocenters. The number of aromatic nitrogens is 1. The Bertz CT molecular complexity index is 804. The third kappa shape index (κ3) is 3.79. The van der Waals surface area contributed by atoms with Gasteiger partial charge in [0, 0.05) is 11.1 Å². The molecule has 7 heteroatoms. The van der Waals surface area contributed by atoms with Gasteiger partial charge in [-0.15, -0.1) is 0 Å². The normalized spacial score (nSPS) is 15.3. The van der Waals surface area contributed by atoms with E-state index in [0.29, 0.717) is 16.6 Å². The van der Waals surface area contributed by atoms with Gasteiger partial charge >= 0.3 is 0 Å². The average molecular weight is 360 g/mol. The van der Waals surface area contributed by atoms with Gasteiger partial charge < -0.3 is 5.32 Å². The Labute approximate surface area is 150 Å². The lowest BCUT2D eigenvalue weighted by molar-refractivity contribution is -0.385. The number of nitro groups is 1. The SMILES string of the molecule is Cc1ncc([N+](=O)[O-])cc1C(=O)N[C@@H](c1ccc(Cl)cc1)C1CCC1. The zero-order valence-corrected chi connectivity index (χ0v) is 14.5. The van der Waals surface area contributed by atoms with E-state index in [4.69, 9.17) is 11.6 Å². The number of hydrogen-bond donors (Lipinski definition) is 1. The van der Waals surface area contributed by atoms with Gasteiger partial charge in [-0.3, -0.25) is 19.9 Å². The lowest BCUT2D eigenvalue weighted by Crippen LogP contribution is -2.36. The largest absolute Gasteiger partial charge is 0.345 e. The first-order chi connectivity index (χ1) is 12.0. The van der Waals surface area contributed by atoms with E-state index in [-0.39, 0.29) is 23.2 Å². The van der Waals surface area contributed by atoms with Crippen LogP contribution in [0.4, 0.5) is 5.69 Å². The molecule has 2 aromatic rings. The van der Waals surface area contributed by atoms with Crippen LogP contribution in [0, 0.1) is 23.0 Å². The highest BCUT2D eigenvalue weighted by molar-refractivity contribution is 6.30. The maximum absolute atomic E-state index is 12.7. The molecule has 1 atom stereocenters. The van der Waals surface area contributed by atoms with Crippen molar-refractivity contribution in [3.05, 3.63) is 68.5 Å². The third-order valence-electron chi connectivity index (χ3n) is 4.66. The van der Waals surface area contributed by atoms with E-state index in [1.807, 2.05) is 12.1 Å². The molecule has 1 aromatic carbocycles. The Morgan fingerprint density at radius 1 is 1.36 bits per heavy atom. The van der Waals surface area contributed by atoms with Gasteiger partial charge in [0.25, 0.3) is 11.6 Å². The predicted molar refractivity (Wildman–Crippen MR) is 94.6 cm³/mol. The number of carbonyl (C=O) groups is 1. The van der Waals surface area contributed by atoms with Crippen molar-refractivity contribution in [2.24, 2.45) is 5.92 Å². The molecule has 3 rings (SSSR count). The lowest BCUT2D eigenvalue weighted by atomic mass is 9.77. The average Bonchev–Trinajstić information content (AvgIpc) is 2.53. The molecule has 0 aliphatic heterocycles. The molecule has 6 nitrogen and oxygen atoms in total. The van der Waals surface area contributed by atoms with Crippen LogP contribution >= 0.6 is 11.6 Å². The van der Waals surface area contributed by atoms with Crippen LogP contribution < -0.4 is 5.32 Å². The van der Waals surface area contributed by atoms with Crippen molar-refractivity contribution in [1.82, 2.24) is 10.3 Å². The molecule has 1 aliphatic carbocycles. The molecule has 0 radical (unpaired) electrons. The van der Waals surface area contributed by atoms with Crippen molar-refractivity contribution in [3.8, 4) is 0 Å². The summed E-state index contributed by atoms with van der Waals surface area (Å²) in [5.41, 5.74) is 1.49. The van der Waals surface area contributed by atoms with Crippen molar-refractivity contribution in [3.63, 3.8) is 0 Å². The Kier molecular flexibility index (Phi) is 4.99. The second kappa shape index (κ2) is 7.19. The molecule has 130 valence electrons. The number of nitrogens with zero attached hydrogens (tertiary/aromatic N) is 2. The summed E-state index contributed by atoms with van der Waals surface area (Å²) in [6.45, 7) is 1.67. The summed E-state index contributed by atoms with van der Waals surface area (Å²) in [4.78, 5) is 27.1. The number of pyridine rings is 1. The van der Waals surface area contributed by atoms with Crippen LogP contribution in [0.2, 0.25) is 5.02 Å². The highest BCUT2D eigenvalue weighted by Crippen LogP contribution is 2.38. The van der Waals surface area contributed by atoms with Crippen LogP contribution in [-0.4, -0.2) is 15.8 Å². The van der Waals surface area contributed by atoms with Crippen molar-refractivity contribution in [1.29, 1.82) is 0 Å². The van der Waals surface area contributed by atoms with E-state index in [2.05, 4.69) is 10.3 Å². The molecular weight excluding hydrogens is 342 g/mol. The standard InChI is InChI=1S/C18H18ClN3O3/c1-11-16(9-15(10-20-11)22(24)25)18(23)21-17(12-3-2-4-12)13-5-7-14(19)8-6-13/h5-10,12,17H,2-4H2,1H3,(H,21,23)/t17-/m1/s1. The fourth-order valence-corrected chi connectivity index (χ4v) is 3.11. The molecule has 0 bridgehead atoms. The minimum absolute atomic E-state index is 0.142. The first kappa shape index (κ1) is 17.4. The Hall–Kier alpha value is -2.47. The molecule has 0 spiro atoms. The summed E-state index contributed by atoms with van der Waals surface area (Å²) >= 11 is 5.95. The van der Waals surface area contributed by atoms with Gasteiger partial charge in [0.15, 0.2) is 0 Å². The minimum atomic E-state index is -0.550. The molecule has 1 N–H and O–H groups in total. The van der Waals surface area contributed by atoms with Gasteiger partial charge in [-0.25, -0.2) is 0 Å². The number of halogens is 1. The van der Waals surface area contributed by atoms with Crippen LogP contribution in [-0.2, 0) is 0 Å². The monoisotopic (exact) mass is 359 g/mol. The van der Waals surface area contributed by atoms with Crippen LogP contribution in [0.25, 0.3) is 0 Å². The van der Waals surface area contributed by atoms with Gasteiger partial charge in [-0.05, 0) is 43.4 Å². The van der Waals surface area contributed by atoms with Gasteiger partial charge in [-0.1, -0.05) is 30.2 Å². The molecule has 0 saturated heterocycles. The molecule has 1 heterocycles. The van der Waals surface area contributed by atoms with Crippen LogP contribution in [0.5, 0.6) is 0 Å². The second-order valence-corrected chi connectivity index (χ2v) is 6.71. The fourth-order valence-electron chi connectivity index (χ4n) is 2.99. The first-order valence-corrected chi connectivity index (χ1v) is 8.51. The maximum Gasteiger partial charge on any atom is 0.288 e. The van der Waals surface area contributed by atoms with Gasteiger partial charge in [0.05, 0.1) is 22.2 Å². The topological polar surface area (TPSA) is 85.1 Å². The first-order valence-electron chi connectivity index (χ1n) is 8.13. The van der Waals surface area contributed by atoms with Gasteiger partial charge in [0.2, 0.25) is 0 Å². The summed E-state index contributed by atoms with van der Waals surface area (Å²) in [7, 11) is 0. The van der Waals surface area contributed by atoms with Crippen molar-refractivity contribution in [2.45, 2.75) is 32.2 Å². The fraction of sp³-hybridized carbons (Fsp3) is 0.333. The lowest BCUT2D eigenvalue weighted by Gasteiger charge is -2.34.